The molecule has 5 heterocycles. The number of aromatic nitrogens is 6. The molecule has 0 aliphatic heterocycles. The Morgan fingerprint density at radius 1 is 0.385 bits per heavy atom. The summed E-state index contributed by atoms with van der Waals surface area (Å²) in [6, 6.07) is 51.5. The van der Waals surface area contributed by atoms with Crippen LogP contribution in [0.15, 0.2) is 158 Å². The van der Waals surface area contributed by atoms with E-state index in [0.29, 0.717) is 5.82 Å². The molecule has 0 atom stereocenters. The summed E-state index contributed by atoms with van der Waals surface area (Å²) in [6.45, 7) is 0. The fraction of sp³-hybridized carbons (Fsp3) is 0. The highest BCUT2D eigenvalue weighted by atomic mass is 15.1. The minimum absolute atomic E-state index is 0.715. The van der Waals surface area contributed by atoms with Crippen molar-refractivity contribution in [2.45, 2.75) is 0 Å². The van der Waals surface area contributed by atoms with E-state index in [0.717, 1.165) is 61.2 Å². The van der Waals surface area contributed by atoms with Gasteiger partial charge in [0.15, 0.2) is 17.1 Å². The van der Waals surface area contributed by atoms with Gasteiger partial charge < -0.3 is 0 Å². The van der Waals surface area contributed by atoms with Crippen molar-refractivity contribution < 1.29 is 0 Å². The molecule has 12 rings (SSSR count). The molecular formula is C46H26N6. The van der Waals surface area contributed by atoms with Gasteiger partial charge in [0.2, 0.25) is 0 Å². The van der Waals surface area contributed by atoms with Crippen molar-refractivity contribution in [2.24, 2.45) is 0 Å². The number of para-hydroxylation sites is 2. The summed E-state index contributed by atoms with van der Waals surface area (Å²) >= 11 is 0. The van der Waals surface area contributed by atoms with E-state index < -0.39 is 0 Å². The van der Waals surface area contributed by atoms with Gasteiger partial charge in [-0.1, -0.05) is 121 Å². The minimum Gasteiger partial charge on any atom is -0.288 e. The Morgan fingerprint density at radius 3 is 1.67 bits per heavy atom. The number of hydrogen-bond acceptors (Lipinski definition) is 4. The predicted molar refractivity (Wildman–Crippen MR) is 212 cm³/mol. The van der Waals surface area contributed by atoms with E-state index in [4.69, 9.17) is 19.9 Å². The molecule has 0 N–H and O–H groups in total. The van der Waals surface area contributed by atoms with Crippen LogP contribution in [-0.4, -0.2) is 28.7 Å². The Kier molecular flexibility index (Phi) is 5.41. The Balaban J connectivity index is 1.10. The molecule has 6 nitrogen and oxygen atoms in total. The molecule has 52 heavy (non-hydrogen) atoms. The van der Waals surface area contributed by atoms with Crippen LogP contribution in [0, 0.1) is 0 Å². The fourth-order valence-corrected chi connectivity index (χ4v) is 8.54. The zero-order valence-electron chi connectivity index (χ0n) is 27.7. The number of fused-ring (bicyclic) bond motifs is 13. The normalized spacial score (nSPS) is 12.2. The molecule has 0 aliphatic rings. The lowest BCUT2D eigenvalue weighted by Crippen LogP contribution is -2.01. The van der Waals surface area contributed by atoms with Crippen LogP contribution in [0.3, 0.4) is 0 Å². The van der Waals surface area contributed by atoms with Crippen LogP contribution in [0.25, 0.3) is 110 Å². The molecule has 0 radical (unpaired) electrons. The molecule has 0 fully saturated rings. The SMILES string of the molecule is c1ccc(-c2nc(-c3ccc(-c4ccc5c(c4)c4c6ccccc6c6c7ccccc7n7c8nccnc8n5c4c67)cc3)nc3ccccc23)cc1. The van der Waals surface area contributed by atoms with Crippen LogP contribution in [0.2, 0.25) is 0 Å². The Labute approximate surface area is 296 Å². The molecule has 0 bridgehead atoms. The summed E-state index contributed by atoms with van der Waals surface area (Å²) in [7, 11) is 0. The topological polar surface area (TPSA) is 60.4 Å². The lowest BCUT2D eigenvalue weighted by atomic mass is 9.97. The third kappa shape index (κ3) is 3.62. The van der Waals surface area contributed by atoms with Crippen molar-refractivity contribution in [3.05, 3.63) is 158 Å². The van der Waals surface area contributed by atoms with E-state index >= 15 is 0 Å². The van der Waals surface area contributed by atoms with Crippen molar-refractivity contribution in [1.82, 2.24) is 28.7 Å². The Hall–Kier alpha value is -7.18. The van der Waals surface area contributed by atoms with Crippen LogP contribution in [0.5, 0.6) is 0 Å². The number of benzene rings is 7. The highest BCUT2D eigenvalue weighted by Gasteiger charge is 2.25. The largest absolute Gasteiger partial charge is 0.288 e. The average molecular weight is 663 g/mol. The molecule has 6 heteroatoms. The van der Waals surface area contributed by atoms with E-state index in [2.05, 4.69) is 136 Å². The van der Waals surface area contributed by atoms with Gasteiger partial charge in [0.25, 0.3) is 0 Å². The average Bonchev–Trinajstić information content (AvgIpc) is 3.75. The zero-order chi connectivity index (χ0) is 33.9. The van der Waals surface area contributed by atoms with Gasteiger partial charge in [-0.2, -0.15) is 0 Å². The molecular weight excluding hydrogens is 637 g/mol. The molecule has 12 aromatic rings. The van der Waals surface area contributed by atoms with E-state index in [1.165, 1.54) is 43.4 Å². The van der Waals surface area contributed by atoms with Crippen molar-refractivity contribution >= 4 is 76.6 Å². The van der Waals surface area contributed by atoms with E-state index in [9.17, 15) is 0 Å². The molecule has 0 aliphatic carbocycles. The maximum atomic E-state index is 5.10. The Morgan fingerprint density at radius 2 is 0.942 bits per heavy atom. The summed E-state index contributed by atoms with van der Waals surface area (Å²) in [5, 5.41) is 8.42. The number of hydrogen-bond donors (Lipinski definition) is 0. The predicted octanol–water partition coefficient (Wildman–Crippen LogP) is 11.1. The molecule has 0 saturated carbocycles. The lowest BCUT2D eigenvalue weighted by molar-refractivity contribution is 1.13. The van der Waals surface area contributed by atoms with Gasteiger partial charge in [-0.15, -0.1) is 0 Å². The van der Waals surface area contributed by atoms with Crippen LogP contribution >= 0.6 is 0 Å². The van der Waals surface area contributed by atoms with Gasteiger partial charge in [0.1, 0.15) is 0 Å². The number of rotatable bonds is 3. The van der Waals surface area contributed by atoms with Crippen LogP contribution in [0.4, 0.5) is 0 Å². The Bertz CT molecular complexity index is 3350. The molecule has 5 aromatic heterocycles. The third-order valence-corrected chi connectivity index (χ3v) is 10.7. The second kappa shape index (κ2) is 10.2. The molecule has 0 saturated heterocycles. The summed E-state index contributed by atoms with van der Waals surface area (Å²) in [5.41, 5.74) is 12.5. The first-order chi connectivity index (χ1) is 25.8. The van der Waals surface area contributed by atoms with Crippen molar-refractivity contribution in [1.29, 1.82) is 0 Å². The van der Waals surface area contributed by atoms with Crippen molar-refractivity contribution in [2.75, 3.05) is 0 Å². The van der Waals surface area contributed by atoms with Crippen molar-refractivity contribution in [3.8, 4) is 33.8 Å². The first-order valence-electron chi connectivity index (χ1n) is 17.5. The minimum atomic E-state index is 0.715. The summed E-state index contributed by atoms with van der Waals surface area (Å²) in [4.78, 5) is 20.0. The smallest absolute Gasteiger partial charge is 0.182 e. The highest BCUT2D eigenvalue weighted by molar-refractivity contribution is 6.37. The van der Waals surface area contributed by atoms with E-state index in [1.54, 1.807) is 12.4 Å². The fourth-order valence-electron chi connectivity index (χ4n) is 8.54. The first-order valence-corrected chi connectivity index (χ1v) is 17.5. The van der Waals surface area contributed by atoms with E-state index in [1.807, 2.05) is 18.2 Å². The zero-order valence-corrected chi connectivity index (χ0v) is 27.7. The van der Waals surface area contributed by atoms with Gasteiger partial charge in [-0.25, -0.2) is 19.9 Å². The molecule has 7 aromatic carbocycles. The maximum absolute atomic E-state index is 5.10. The van der Waals surface area contributed by atoms with Crippen LogP contribution < -0.4 is 0 Å². The van der Waals surface area contributed by atoms with Gasteiger partial charge >= 0.3 is 0 Å². The maximum Gasteiger partial charge on any atom is 0.182 e. The molecule has 0 spiro atoms. The molecule has 240 valence electrons. The monoisotopic (exact) mass is 662 g/mol. The third-order valence-electron chi connectivity index (χ3n) is 10.7. The quantitative estimate of drug-likeness (QED) is 0.177. The summed E-state index contributed by atoms with van der Waals surface area (Å²) in [5.74, 6) is 0.715. The van der Waals surface area contributed by atoms with Crippen LogP contribution in [0.1, 0.15) is 0 Å². The van der Waals surface area contributed by atoms with E-state index in [-0.39, 0.29) is 0 Å². The van der Waals surface area contributed by atoms with Gasteiger partial charge in [0, 0.05) is 50.5 Å². The lowest BCUT2D eigenvalue weighted by Gasteiger charge is -2.11. The molecule has 0 unspecified atom stereocenters. The first kappa shape index (κ1) is 27.6. The van der Waals surface area contributed by atoms with Gasteiger partial charge in [0.05, 0.1) is 33.3 Å². The second-order valence-electron chi connectivity index (χ2n) is 13.5. The number of nitrogens with zero attached hydrogens (tertiary/aromatic N) is 6. The standard InChI is InChI=1S/C46H26N6/c1-2-10-28(11-3-1)41-33-14-6-8-16-36(33)49-44(50-41)29-20-18-27(19-21-29)30-22-23-38-35(26-30)40-32-13-5-4-12-31(32)39-34-15-7-9-17-37(34)51-42(39)43(40)52(38)46-45(51)47-24-25-48-46/h1-26H. The van der Waals surface area contributed by atoms with Gasteiger partial charge in [-0.3, -0.25) is 8.80 Å². The summed E-state index contributed by atoms with van der Waals surface area (Å²) in [6.07, 6.45) is 3.59. The summed E-state index contributed by atoms with van der Waals surface area (Å²) < 4.78 is 4.65. The highest BCUT2D eigenvalue weighted by Crippen LogP contribution is 2.46. The second-order valence-corrected chi connectivity index (χ2v) is 13.5. The molecule has 0 amide bonds. The van der Waals surface area contributed by atoms with Gasteiger partial charge in [-0.05, 0) is 46.2 Å². The van der Waals surface area contributed by atoms with Crippen molar-refractivity contribution in [3.63, 3.8) is 0 Å². The van der Waals surface area contributed by atoms with Crippen LogP contribution in [-0.2, 0) is 0 Å².